The summed E-state index contributed by atoms with van der Waals surface area (Å²) >= 11 is 18.6. The number of para-hydroxylation sites is 1. The second-order valence-electron chi connectivity index (χ2n) is 10.6. The van der Waals surface area contributed by atoms with Crippen LogP contribution in [0.25, 0.3) is 0 Å². The number of hydrogen-bond donors (Lipinski definition) is 2. The molecule has 0 saturated carbocycles. The minimum atomic E-state index is -0.431. The average Bonchev–Trinajstić information content (AvgIpc) is 3.45. The molecule has 3 aromatic carbocycles. The van der Waals surface area contributed by atoms with Gasteiger partial charge in [-0.1, -0.05) is 79.9 Å². The molecule has 7 nitrogen and oxygen atoms in total. The lowest BCUT2D eigenvalue weighted by Crippen LogP contribution is -2.50. The molecule has 0 bridgehead atoms. The lowest BCUT2D eigenvalue weighted by Gasteiger charge is -2.33. The van der Waals surface area contributed by atoms with Gasteiger partial charge < -0.3 is 20.1 Å². The van der Waals surface area contributed by atoms with Gasteiger partial charge in [0, 0.05) is 37.6 Å². The number of nitrogens with one attached hydrogen (secondary N) is 2. The Balaban J connectivity index is 1.52. The van der Waals surface area contributed by atoms with E-state index < -0.39 is 5.82 Å². The van der Waals surface area contributed by atoms with E-state index >= 15 is 0 Å². The van der Waals surface area contributed by atoms with Crippen LogP contribution in [0, 0.1) is 23.1 Å². The number of nitriles is 1. The molecule has 2 atom stereocenters. The third-order valence-electron chi connectivity index (χ3n) is 7.47. The smallest absolute Gasteiger partial charge is 0.226 e. The highest BCUT2D eigenvalue weighted by atomic mass is 35.5. The van der Waals surface area contributed by atoms with Crippen LogP contribution in [0.1, 0.15) is 42.7 Å². The van der Waals surface area contributed by atoms with Crippen molar-refractivity contribution in [2.24, 2.45) is 5.92 Å². The minimum Gasteiger partial charge on any atom is -0.351 e. The lowest BCUT2D eigenvalue weighted by atomic mass is 9.98. The highest BCUT2D eigenvalue weighted by Crippen LogP contribution is 2.27. The van der Waals surface area contributed by atoms with E-state index in [1.54, 1.807) is 48.9 Å². The summed E-state index contributed by atoms with van der Waals surface area (Å²) < 4.78 is 16.4. The van der Waals surface area contributed by atoms with E-state index in [0.29, 0.717) is 35.2 Å². The number of rotatable bonds is 12. The summed E-state index contributed by atoms with van der Waals surface area (Å²) in [5, 5.41) is 16.4. The van der Waals surface area contributed by atoms with Gasteiger partial charge in [0.1, 0.15) is 5.82 Å². The predicted molar refractivity (Wildman–Crippen MR) is 177 cm³/mol. The zero-order valence-electron chi connectivity index (χ0n) is 24.4. The van der Waals surface area contributed by atoms with Crippen molar-refractivity contribution in [2.45, 2.75) is 45.8 Å². The number of carbonyl (C=O) groups excluding carboxylic acids is 1. The monoisotopic (exact) mass is 650 g/mol. The highest BCUT2D eigenvalue weighted by molar-refractivity contribution is 7.80. The van der Waals surface area contributed by atoms with Crippen LogP contribution in [0.4, 0.5) is 10.1 Å². The topological polar surface area (TPSA) is 86.0 Å². The average molecular weight is 652 g/mol. The van der Waals surface area contributed by atoms with Gasteiger partial charge in [-0.25, -0.2) is 9.37 Å². The molecular weight excluding hydrogens is 618 g/mol. The van der Waals surface area contributed by atoms with E-state index in [1.807, 2.05) is 33.7 Å². The summed E-state index contributed by atoms with van der Waals surface area (Å²) in [6.45, 7) is 5.28. The molecule has 2 N–H and O–H groups in total. The summed E-state index contributed by atoms with van der Waals surface area (Å²) in [5.74, 6) is -0.498. The number of nitrogens with zero attached hydrogens (tertiary/aromatic N) is 4. The van der Waals surface area contributed by atoms with Crippen LogP contribution in [0.3, 0.4) is 0 Å². The number of aromatic nitrogens is 2. The molecule has 0 aliphatic heterocycles. The summed E-state index contributed by atoms with van der Waals surface area (Å²) in [5.41, 5.74) is 3.34. The molecule has 1 aromatic heterocycles. The molecule has 0 radical (unpaired) electrons. The van der Waals surface area contributed by atoms with Crippen molar-refractivity contribution >= 4 is 52.1 Å². The molecule has 0 aliphatic carbocycles. The van der Waals surface area contributed by atoms with Crippen molar-refractivity contribution in [3.05, 3.63) is 118 Å². The third kappa shape index (κ3) is 8.79. The fourth-order valence-electron chi connectivity index (χ4n) is 4.68. The van der Waals surface area contributed by atoms with Gasteiger partial charge in [0.25, 0.3) is 0 Å². The van der Waals surface area contributed by atoms with E-state index in [0.717, 1.165) is 23.2 Å². The fourth-order valence-corrected chi connectivity index (χ4v) is 5.31. The van der Waals surface area contributed by atoms with Gasteiger partial charge in [-0.15, -0.1) is 0 Å². The quantitative estimate of drug-likeness (QED) is 0.157. The number of anilines is 1. The first kappa shape index (κ1) is 32.9. The number of halogens is 3. The SMILES string of the molecule is CC[C@H](C)[C@@H](CN(Cc1cccc(Cl)c1Cl)C(=S)Nc1ccccc1F)NC(=O)Cc1cncn1Cc1ccc(C#N)cc1. The second-order valence-corrected chi connectivity index (χ2v) is 11.7. The van der Waals surface area contributed by atoms with E-state index in [4.69, 9.17) is 40.7 Å². The molecule has 0 spiro atoms. The van der Waals surface area contributed by atoms with Crippen molar-refractivity contribution in [3.63, 3.8) is 0 Å². The van der Waals surface area contributed by atoms with Gasteiger partial charge in [0.05, 0.1) is 40.1 Å². The number of thiocarbonyl (C=S) groups is 1. The maximum atomic E-state index is 14.5. The molecule has 228 valence electrons. The molecule has 0 fully saturated rings. The Morgan fingerprint density at radius 1 is 1.14 bits per heavy atom. The van der Waals surface area contributed by atoms with Gasteiger partial charge in [0.15, 0.2) is 5.11 Å². The Bertz CT molecular complexity index is 1640. The molecule has 4 aromatic rings. The fraction of sp³-hybridized carbons (Fsp3) is 0.273. The highest BCUT2D eigenvalue weighted by Gasteiger charge is 2.25. The van der Waals surface area contributed by atoms with Crippen molar-refractivity contribution in [1.29, 1.82) is 5.26 Å². The first-order valence-electron chi connectivity index (χ1n) is 14.2. The Hall–Kier alpha value is -3.97. The summed E-state index contributed by atoms with van der Waals surface area (Å²) in [7, 11) is 0. The van der Waals surface area contributed by atoms with E-state index in [9.17, 15) is 9.18 Å². The van der Waals surface area contributed by atoms with Crippen LogP contribution >= 0.6 is 35.4 Å². The van der Waals surface area contributed by atoms with Crippen LogP contribution in [-0.4, -0.2) is 38.1 Å². The second kappa shape index (κ2) is 15.7. The molecule has 0 unspecified atom stereocenters. The lowest BCUT2D eigenvalue weighted by molar-refractivity contribution is -0.121. The number of carbonyl (C=O) groups is 1. The van der Waals surface area contributed by atoms with Crippen molar-refractivity contribution in [1.82, 2.24) is 19.8 Å². The molecule has 44 heavy (non-hydrogen) atoms. The van der Waals surface area contributed by atoms with Crippen molar-refractivity contribution < 1.29 is 9.18 Å². The summed E-state index contributed by atoms with van der Waals surface area (Å²) in [6, 6.07) is 20.8. The molecular formula is C33H33Cl2FN6OS. The van der Waals surface area contributed by atoms with E-state index in [1.165, 1.54) is 6.07 Å². The minimum absolute atomic E-state index is 0.0936. The third-order valence-corrected chi connectivity index (χ3v) is 8.68. The number of amides is 1. The first-order valence-corrected chi connectivity index (χ1v) is 15.4. The molecule has 11 heteroatoms. The van der Waals surface area contributed by atoms with Gasteiger partial charge in [-0.2, -0.15) is 5.26 Å². The van der Waals surface area contributed by atoms with Gasteiger partial charge in [-0.3, -0.25) is 4.79 Å². The zero-order valence-corrected chi connectivity index (χ0v) is 26.8. The zero-order chi connectivity index (χ0) is 31.6. The van der Waals surface area contributed by atoms with Gasteiger partial charge in [-0.05, 0) is 59.6 Å². The van der Waals surface area contributed by atoms with E-state index in [-0.39, 0.29) is 35.1 Å². The summed E-state index contributed by atoms with van der Waals surface area (Å²) in [6.07, 6.45) is 4.31. The van der Waals surface area contributed by atoms with Crippen LogP contribution in [0.5, 0.6) is 0 Å². The Labute approximate surface area is 272 Å². The van der Waals surface area contributed by atoms with Crippen molar-refractivity contribution in [3.8, 4) is 6.07 Å². The Morgan fingerprint density at radius 2 is 1.89 bits per heavy atom. The van der Waals surface area contributed by atoms with Crippen molar-refractivity contribution in [2.75, 3.05) is 11.9 Å². The molecule has 0 aliphatic rings. The number of hydrogen-bond acceptors (Lipinski definition) is 4. The number of imidazole rings is 1. The van der Waals surface area contributed by atoms with Crippen LogP contribution in [0.2, 0.25) is 10.0 Å². The maximum Gasteiger partial charge on any atom is 0.226 e. The van der Waals surface area contributed by atoms with Crippen LogP contribution in [-0.2, 0) is 24.3 Å². The molecule has 4 rings (SSSR count). The standard InChI is InChI=1S/C33H33Cl2FN6OS/c1-3-22(2)30(39-31(43)15-26-17-38-21-42(26)18-24-13-11-23(16-37)12-14-24)20-41(19-25-7-6-8-27(34)32(25)35)33(44)40-29-10-5-4-9-28(29)36/h4-14,17,21-22,30H,3,15,18-20H2,1-2H3,(H,39,43)(H,40,44)/t22-,30+/m0/s1. The van der Waals surface area contributed by atoms with Gasteiger partial charge >= 0.3 is 0 Å². The number of benzene rings is 3. The largest absolute Gasteiger partial charge is 0.351 e. The van der Waals surface area contributed by atoms with E-state index in [2.05, 4.69) is 35.5 Å². The summed E-state index contributed by atoms with van der Waals surface area (Å²) in [4.78, 5) is 19.6. The molecule has 1 heterocycles. The molecule has 0 saturated heterocycles. The van der Waals surface area contributed by atoms with Crippen LogP contribution in [0.15, 0.2) is 79.3 Å². The first-order chi connectivity index (χ1) is 21.2. The Morgan fingerprint density at radius 3 is 2.59 bits per heavy atom. The molecule has 1 amide bonds. The van der Waals surface area contributed by atoms with Crippen LogP contribution < -0.4 is 10.6 Å². The predicted octanol–water partition coefficient (Wildman–Crippen LogP) is 7.22. The normalized spacial score (nSPS) is 12.2. The Kier molecular flexibility index (Phi) is 11.7. The van der Waals surface area contributed by atoms with Gasteiger partial charge in [0.2, 0.25) is 5.91 Å². The maximum absolute atomic E-state index is 14.5.